The van der Waals surface area contributed by atoms with E-state index in [9.17, 15) is 0 Å². The van der Waals surface area contributed by atoms with Gasteiger partial charge in [0, 0.05) is 24.2 Å². The largest absolute Gasteiger partial charge is 0.380 e. The van der Waals surface area contributed by atoms with Crippen LogP contribution in [0.5, 0.6) is 0 Å². The van der Waals surface area contributed by atoms with Crippen molar-refractivity contribution < 1.29 is 4.74 Å². The van der Waals surface area contributed by atoms with Gasteiger partial charge in [-0.3, -0.25) is 0 Å². The zero-order valence-corrected chi connectivity index (χ0v) is 13.5. The van der Waals surface area contributed by atoms with Crippen LogP contribution in [0.4, 0.5) is 0 Å². The van der Waals surface area contributed by atoms with Crippen molar-refractivity contribution in [3.8, 4) is 0 Å². The van der Waals surface area contributed by atoms with Gasteiger partial charge in [-0.25, -0.2) is 0 Å². The van der Waals surface area contributed by atoms with E-state index < -0.39 is 0 Å². The van der Waals surface area contributed by atoms with Crippen LogP contribution in [0.2, 0.25) is 0 Å². The smallest absolute Gasteiger partial charge is 0.0716 e. The Hall–Kier alpha value is -1.16. The fraction of sp³-hybridized carbons (Fsp3) is 0.294. The molecule has 106 valence electrons. The Morgan fingerprint density at radius 1 is 1.10 bits per heavy atom. The Bertz CT molecular complexity index is 556. The lowest BCUT2D eigenvalue weighted by Gasteiger charge is -2.16. The molecule has 0 aromatic heterocycles. The van der Waals surface area contributed by atoms with Crippen molar-refractivity contribution in [2.45, 2.75) is 26.1 Å². The number of benzene rings is 2. The van der Waals surface area contributed by atoms with E-state index in [0.717, 1.165) is 11.0 Å². The van der Waals surface area contributed by atoms with Crippen LogP contribution in [-0.2, 0) is 17.9 Å². The van der Waals surface area contributed by atoms with Crippen molar-refractivity contribution in [3.05, 3.63) is 69.7 Å². The van der Waals surface area contributed by atoms with Gasteiger partial charge in [0.05, 0.1) is 6.61 Å². The SMILES string of the molecule is COCc1ccccc1CN[C@@H](C)c1cccc(Br)c1. The molecular weight excluding hydrogens is 314 g/mol. The van der Waals surface area contributed by atoms with Gasteiger partial charge < -0.3 is 10.1 Å². The van der Waals surface area contributed by atoms with Gasteiger partial charge in [-0.2, -0.15) is 0 Å². The number of hydrogen-bond acceptors (Lipinski definition) is 2. The van der Waals surface area contributed by atoms with Crippen molar-refractivity contribution in [2.75, 3.05) is 7.11 Å². The summed E-state index contributed by atoms with van der Waals surface area (Å²) in [5.74, 6) is 0. The van der Waals surface area contributed by atoms with Crippen molar-refractivity contribution in [1.29, 1.82) is 0 Å². The van der Waals surface area contributed by atoms with Gasteiger partial charge >= 0.3 is 0 Å². The van der Waals surface area contributed by atoms with Crippen LogP contribution in [0.3, 0.4) is 0 Å². The Morgan fingerprint density at radius 3 is 2.55 bits per heavy atom. The minimum Gasteiger partial charge on any atom is -0.380 e. The second-order valence-corrected chi connectivity index (χ2v) is 5.77. The lowest BCUT2D eigenvalue weighted by atomic mass is 10.1. The summed E-state index contributed by atoms with van der Waals surface area (Å²) in [6, 6.07) is 17.1. The summed E-state index contributed by atoms with van der Waals surface area (Å²) in [4.78, 5) is 0. The molecule has 0 aliphatic rings. The number of methoxy groups -OCH3 is 1. The molecule has 0 heterocycles. The highest BCUT2D eigenvalue weighted by Crippen LogP contribution is 2.19. The number of ether oxygens (including phenoxy) is 1. The minimum absolute atomic E-state index is 0.308. The third-order valence-electron chi connectivity index (χ3n) is 3.37. The second-order valence-electron chi connectivity index (χ2n) is 4.86. The summed E-state index contributed by atoms with van der Waals surface area (Å²) in [7, 11) is 1.73. The Morgan fingerprint density at radius 2 is 1.85 bits per heavy atom. The van der Waals surface area contributed by atoms with Crippen molar-refractivity contribution in [1.82, 2.24) is 5.32 Å². The molecule has 2 aromatic carbocycles. The minimum atomic E-state index is 0.308. The van der Waals surface area contributed by atoms with E-state index in [1.54, 1.807) is 7.11 Å². The molecular formula is C17H20BrNO. The van der Waals surface area contributed by atoms with Crippen LogP contribution in [0.25, 0.3) is 0 Å². The number of halogens is 1. The average Bonchev–Trinajstić information content (AvgIpc) is 2.46. The highest BCUT2D eigenvalue weighted by atomic mass is 79.9. The zero-order chi connectivity index (χ0) is 14.4. The molecule has 2 rings (SSSR count). The summed E-state index contributed by atoms with van der Waals surface area (Å²) in [6.07, 6.45) is 0. The standard InChI is InChI=1S/C17H20BrNO/c1-13(14-8-5-9-17(18)10-14)19-11-15-6-3-4-7-16(15)12-20-2/h3-10,13,19H,11-12H2,1-2H3/t13-/m0/s1. The van der Waals surface area contributed by atoms with Gasteiger partial charge in [-0.15, -0.1) is 0 Å². The summed E-state index contributed by atoms with van der Waals surface area (Å²) in [5.41, 5.74) is 3.81. The van der Waals surface area contributed by atoms with Gasteiger partial charge in [-0.1, -0.05) is 52.3 Å². The maximum absolute atomic E-state index is 5.24. The predicted octanol–water partition coefficient (Wildman–Crippen LogP) is 4.45. The van der Waals surface area contributed by atoms with Crippen LogP contribution in [0.1, 0.15) is 29.7 Å². The lowest BCUT2D eigenvalue weighted by Crippen LogP contribution is -2.19. The van der Waals surface area contributed by atoms with E-state index in [2.05, 4.69) is 70.6 Å². The van der Waals surface area contributed by atoms with Gasteiger partial charge in [0.15, 0.2) is 0 Å². The highest BCUT2D eigenvalue weighted by molar-refractivity contribution is 9.10. The number of hydrogen-bond donors (Lipinski definition) is 1. The van der Waals surface area contributed by atoms with E-state index in [1.165, 1.54) is 16.7 Å². The second kappa shape index (κ2) is 7.58. The lowest BCUT2D eigenvalue weighted by molar-refractivity contribution is 0.184. The quantitative estimate of drug-likeness (QED) is 0.843. The van der Waals surface area contributed by atoms with E-state index in [0.29, 0.717) is 12.6 Å². The summed E-state index contributed by atoms with van der Waals surface area (Å²) in [6.45, 7) is 3.68. The first-order valence-electron chi connectivity index (χ1n) is 6.75. The molecule has 0 aliphatic carbocycles. The number of rotatable bonds is 6. The molecule has 1 atom stereocenters. The molecule has 2 aromatic rings. The molecule has 0 fully saturated rings. The van der Waals surface area contributed by atoms with Gasteiger partial charge in [0.25, 0.3) is 0 Å². The van der Waals surface area contributed by atoms with E-state index in [4.69, 9.17) is 4.74 Å². The first-order chi connectivity index (χ1) is 9.70. The van der Waals surface area contributed by atoms with Crippen molar-refractivity contribution in [3.63, 3.8) is 0 Å². The zero-order valence-electron chi connectivity index (χ0n) is 11.9. The first kappa shape index (κ1) is 15.2. The fourth-order valence-corrected chi connectivity index (χ4v) is 2.60. The van der Waals surface area contributed by atoms with Crippen molar-refractivity contribution >= 4 is 15.9 Å². The highest BCUT2D eigenvalue weighted by Gasteiger charge is 2.07. The van der Waals surface area contributed by atoms with Crippen LogP contribution < -0.4 is 5.32 Å². The average molecular weight is 334 g/mol. The third kappa shape index (κ3) is 4.17. The summed E-state index contributed by atoms with van der Waals surface area (Å²) < 4.78 is 6.36. The normalized spacial score (nSPS) is 12.3. The molecule has 0 saturated heterocycles. The van der Waals surface area contributed by atoms with E-state index in [-0.39, 0.29) is 0 Å². The van der Waals surface area contributed by atoms with Crippen LogP contribution in [-0.4, -0.2) is 7.11 Å². The molecule has 0 amide bonds. The van der Waals surface area contributed by atoms with Crippen molar-refractivity contribution in [2.24, 2.45) is 0 Å². The molecule has 0 radical (unpaired) electrons. The number of nitrogens with one attached hydrogen (secondary N) is 1. The molecule has 0 spiro atoms. The third-order valence-corrected chi connectivity index (χ3v) is 3.86. The maximum atomic E-state index is 5.24. The topological polar surface area (TPSA) is 21.3 Å². The molecule has 2 nitrogen and oxygen atoms in total. The van der Waals surface area contributed by atoms with E-state index >= 15 is 0 Å². The van der Waals surface area contributed by atoms with Gasteiger partial charge in [0.1, 0.15) is 0 Å². The molecule has 1 N–H and O–H groups in total. The van der Waals surface area contributed by atoms with E-state index in [1.807, 2.05) is 6.07 Å². The molecule has 3 heteroatoms. The molecule has 0 saturated carbocycles. The monoisotopic (exact) mass is 333 g/mol. The molecule has 0 bridgehead atoms. The maximum Gasteiger partial charge on any atom is 0.0716 e. The van der Waals surface area contributed by atoms with Crippen LogP contribution in [0.15, 0.2) is 53.0 Å². The van der Waals surface area contributed by atoms with Crippen LogP contribution in [0, 0.1) is 0 Å². The van der Waals surface area contributed by atoms with Gasteiger partial charge in [0.2, 0.25) is 0 Å². The first-order valence-corrected chi connectivity index (χ1v) is 7.54. The Labute approximate surface area is 129 Å². The Kier molecular flexibility index (Phi) is 5.77. The predicted molar refractivity (Wildman–Crippen MR) is 86.6 cm³/mol. The Balaban J connectivity index is 2.01. The summed E-state index contributed by atoms with van der Waals surface area (Å²) in [5, 5.41) is 3.56. The van der Waals surface area contributed by atoms with Gasteiger partial charge in [-0.05, 0) is 35.7 Å². The molecule has 0 unspecified atom stereocenters. The molecule has 20 heavy (non-hydrogen) atoms. The fourth-order valence-electron chi connectivity index (χ4n) is 2.18. The van der Waals surface area contributed by atoms with Crippen LogP contribution >= 0.6 is 15.9 Å². The summed E-state index contributed by atoms with van der Waals surface area (Å²) >= 11 is 3.51. The molecule has 0 aliphatic heterocycles.